The molecule has 2 aromatic carbocycles. The highest BCUT2D eigenvalue weighted by Gasteiger charge is 2.39. The van der Waals surface area contributed by atoms with Crippen LogP contribution in [-0.2, 0) is 21.4 Å². The molecule has 0 aliphatic carbocycles. The first kappa shape index (κ1) is 18.5. The van der Waals surface area contributed by atoms with Gasteiger partial charge in [-0.05, 0) is 49.1 Å². The van der Waals surface area contributed by atoms with Crippen LogP contribution < -0.4 is 5.32 Å². The van der Waals surface area contributed by atoms with Crippen LogP contribution in [0.2, 0.25) is 0 Å². The number of hydrogen-bond acceptors (Lipinski definition) is 3. The van der Waals surface area contributed by atoms with Gasteiger partial charge in [-0.3, -0.25) is 4.79 Å². The van der Waals surface area contributed by atoms with E-state index in [0.717, 1.165) is 11.6 Å². The second-order valence-corrected chi connectivity index (χ2v) is 8.28. The summed E-state index contributed by atoms with van der Waals surface area (Å²) < 4.78 is 40.5. The zero-order chi connectivity index (χ0) is 18.7. The molecule has 26 heavy (non-hydrogen) atoms. The number of rotatable bonds is 5. The first-order valence-corrected chi connectivity index (χ1v) is 9.93. The Morgan fingerprint density at radius 2 is 1.96 bits per heavy atom. The molecule has 2 aromatic rings. The van der Waals surface area contributed by atoms with E-state index in [1.807, 2.05) is 30.3 Å². The Morgan fingerprint density at radius 3 is 2.65 bits per heavy atom. The van der Waals surface area contributed by atoms with Gasteiger partial charge in [0, 0.05) is 13.1 Å². The number of sulfonamides is 1. The van der Waals surface area contributed by atoms with Gasteiger partial charge in [-0.2, -0.15) is 4.31 Å². The lowest BCUT2D eigenvalue weighted by Gasteiger charge is -2.23. The van der Waals surface area contributed by atoms with Crippen molar-refractivity contribution in [3.05, 3.63) is 65.5 Å². The summed E-state index contributed by atoms with van der Waals surface area (Å²) in [6, 6.07) is 12.4. The number of nitrogens with zero attached hydrogens (tertiary/aromatic N) is 1. The summed E-state index contributed by atoms with van der Waals surface area (Å²) in [4.78, 5) is 12.6. The lowest BCUT2D eigenvalue weighted by molar-refractivity contribution is -0.124. The molecular weight excluding hydrogens is 355 g/mol. The predicted octanol–water partition coefficient (Wildman–Crippen LogP) is 2.60. The smallest absolute Gasteiger partial charge is 0.243 e. The third-order valence-corrected chi connectivity index (χ3v) is 6.46. The van der Waals surface area contributed by atoms with E-state index in [1.54, 1.807) is 0 Å². The van der Waals surface area contributed by atoms with Crippen molar-refractivity contribution in [2.75, 3.05) is 6.54 Å². The minimum absolute atomic E-state index is 0.0131. The number of nitrogens with one attached hydrogen (secondary N) is 1. The van der Waals surface area contributed by atoms with Crippen LogP contribution in [0.5, 0.6) is 0 Å². The average molecular weight is 376 g/mol. The molecule has 1 heterocycles. The van der Waals surface area contributed by atoms with Gasteiger partial charge < -0.3 is 5.32 Å². The van der Waals surface area contributed by atoms with Crippen molar-refractivity contribution >= 4 is 15.9 Å². The fourth-order valence-corrected chi connectivity index (χ4v) is 4.85. The third-order valence-electron chi connectivity index (χ3n) is 4.55. The molecule has 0 unspecified atom stereocenters. The number of carbonyl (C=O) groups is 1. The number of amides is 1. The van der Waals surface area contributed by atoms with Crippen LogP contribution in [0.15, 0.2) is 53.4 Å². The van der Waals surface area contributed by atoms with Gasteiger partial charge >= 0.3 is 0 Å². The van der Waals surface area contributed by atoms with E-state index in [2.05, 4.69) is 5.32 Å². The lowest BCUT2D eigenvalue weighted by Crippen LogP contribution is -2.45. The van der Waals surface area contributed by atoms with Crippen molar-refractivity contribution in [1.29, 1.82) is 0 Å². The van der Waals surface area contributed by atoms with Crippen molar-refractivity contribution < 1.29 is 17.6 Å². The molecule has 3 rings (SSSR count). The normalized spacial score (nSPS) is 18.0. The minimum atomic E-state index is -3.85. The van der Waals surface area contributed by atoms with Gasteiger partial charge in [0.05, 0.1) is 4.90 Å². The number of hydrogen-bond donors (Lipinski definition) is 1. The highest BCUT2D eigenvalue weighted by molar-refractivity contribution is 7.89. The van der Waals surface area contributed by atoms with Crippen LogP contribution >= 0.6 is 0 Å². The Kier molecular flexibility index (Phi) is 5.38. The fourth-order valence-electron chi connectivity index (χ4n) is 3.11. The first-order chi connectivity index (χ1) is 12.4. The van der Waals surface area contributed by atoms with Crippen molar-refractivity contribution in [2.45, 2.75) is 37.2 Å². The SMILES string of the molecule is Cc1cc(S(=O)(=O)N2CCC[C@H]2C(=O)NCc2ccccc2)ccc1F. The molecule has 0 radical (unpaired) electrons. The Morgan fingerprint density at radius 1 is 1.23 bits per heavy atom. The molecule has 1 atom stereocenters. The molecular formula is C19H21FN2O3S. The zero-order valence-electron chi connectivity index (χ0n) is 14.5. The second-order valence-electron chi connectivity index (χ2n) is 6.39. The Hall–Kier alpha value is -2.25. The van der Waals surface area contributed by atoms with E-state index in [4.69, 9.17) is 0 Å². The van der Waals surface area contributed by atoms with Crippen molar-refractivity contribution in [1.82, 2.24) is 9.62 Å². The number of aryl methyl sites for hydroxylation is 1. The highest BCUT2D eigenvalue weighted by atomic mass is 32.2. The topological polar surface area (TPSA) is 66.5 Å². The standard InChI is InChI=1S/C19H21FN2O3S/c1-14-12-16(9-10-17(14)20)26(24,25)22-11-5-8-18(22)19(23)21-13-15-6-3-2-4-7-15/h2-4,6-7,9-10,12,18H,5,8,11,13H2,1H3,(H,21,23)/t18-/m0/s1. The summed E-state index contributed by atoms with van der Waals surface area (Å²) in [5.41, 5.74) is 1.21. The summed E-state index contributed by atoms with van der Waals surface area (Å²) in [7, 11) is -3.85. The fraction of sp³-hybridized carbons (Fsp3) is 0.316. The second kappa shape index (κ2) is 7.55. The predicted molar refractivity (Wildman–Crippen MR) is 96.3 cm³/mol. The maximum atomic E-state index is 13.5. The number of carbonyl (C=O) groups excluding carboxylic acids is 1. The van der Waals surface area contributed by atoms with Crippen LogP contribution in [-0.4, -0.2) is 31.2 Å². The van der Waals surface area contributed by atoms with Crippen molar-refractivity contribution in [2.24, 2.45) is 0 Å². The molecule has 1 fully saturated rings. The highest BCUT2D eigenvalue weighted by Crippen LogP contribution is 2.27. The molecule has 5 nitrogen and oxygen atoms in total. The quantitative estimate of drug-likeness (QED) is 0.872. The molecule has 1 aliphatic rings. The van der Waals surface area contributed by atoms with Crippen LogP contribution in [0.4, 0.5) is 4.39 Å². The summed E-state index contributed by atoms with van der Waals surface area (Å²) in [5, 5.41) is 2.81. The van der Waals surface area contributed by atoms with Gasteiger partial charge in [-0.25, -0.2) is 12.8 Å². The molecule has 1 aliphatic heterocycles. The van der Waals surface area contributed by atoms with E-state index < -0.39 is 21.9 Å². The maximum Gasteiger partial charge on any atom is 0.243 e. The summed E-state index contributed by atoms with van der Waals surface area (Å²) in [6.07, 6.45) is 1.09. The van der Waals surface area contributed by atoms with Crippen LogP contribution in [0, 0.1) is 12.7 Å². The van der Waals surface area contributed by atoms with Gasteiger partial charge in [0.15, 0.2) is 0 Å². The van der Waals surface area contributed by atoms with Crippen LogP contribution in [0.25, 0.3) is 0 Å². The van der Waals surface area contributed by atoms with Gasteiger partial charge in [0.1, 0.15) is 11.9 Å². The van der Waals surface area contributed by atoms with Gasteiger partial charge in [-0.15, -0.1) is 0 Å². The van der Waals surface area contributed by atoms with E-state index in [9.17, 15) is 17.6 Å². The van der Waals surface area contributed by atoms with Gasteiger partial charge in [0.2, 0.25) is 15.9 Å². The molecule has 0 spiro atoms. The molecule has 0 bridgehead atoms. The van der Waals surface area contributed by atoms with Crippen molar-refractivity contribution in [3.8, 4) is 0 Å². The molecule has 7 heteroatoms. The number of benzene rings is 2. The number of halogens is 1. The molecule has 0 aromatic heterocycles. The lowest BCUT2D eigenvalue weighted by atomic mass is 10.2. The largest absolute Gasteiger partial charge is 0.351 e. The van der Waals surface area contributed by atoms with Gasteiger partial charge in [0.25, 0.3) is 0 Å². The Balaban J connectivity index is 1.76. The van der Waals surface area contributed by atoms with Crippen LogP contribution in [0.1, 0.15) is 24.0 Å². The van der Waals surface area contributed by atoms with Gasteiger partial charge in [-0.1, -0.05) is 30.3 Å². The summed E-state index contributed by atoms with van der Waals surface area (Å²) >= 11 is 0. The molecule has 1 saturated heterocycles. The van der Waals surface area contributed by atoms with Crippen LogP contribution in [0.3, 0.4) is 0 Å². The summed E-state index contributed by atoms with van der Waals surface area (Å²) in [6.45, 7) is 2.14. The summed E-state index contributed by atoms with van der Waals surface area (Å²) in [5.74, 6) is -0.767. The molecule has 0 saturated carbocycles. The first-order valence-electron chi connectivity index (χ1n) is 8.49. The third kappa shape index (κ3) is 3.78. The maximum absolute atomic E-state index is 13.5. The Bertz CT molecular complexity index is 900. The molecule has 138 valence electrons. The molecule has 1 N–H and O–H groups in total. The zero-order valence-corrected chi connectivity index (χ0v) is 15.3. The minimum Gasteiger partial charge on any atom is -0.351 e. The molecule has 1 amide bonds. The van der Waals surface area contributed by atoms with Crippen molar-refractivity contribution in [3.63, 3.8) is 0 Å². The average Bonchev–Trinajstić information content (AvgIpc) is 3.13. The monoisotopic (exact) mass is 376 g/mol. The van der Waals surface area contributed by atoms with E-state index >= 15 is 0 Å². The van der Waals surface area contributed by atoms with E-state index in [1.165, 1.54) is 23.4 Å². The van der Waals surface area contributed by atoms with E-state index in [0.29, 0.717) is 19.4 Å². The van der Waals surface area contributed by atoms with E-state index in [-0.39, 0.29) is 22.9 Å². The Labute approximate surface area is 152 Å².